The molecular formula is C15H15ClFNO2S. The molecule has 0 saturated carbocycles. The van der Waals surface area contributed by atoms with E-state index in [2.05, 4.69) is 0 Å². The lowest BCUT2D eigenvalue weighted by atomic mass is 10.2. The van der Waals surface area contributed by atoms with Crippen molar-refractivity contribution in [1.29, 1.82) is 0 Å². The fourth-order valence-corrected chi connectivity index (χ4v) is 3.45. The Morgan fingerprint density at radius 3 is 2.76 bits per heavy atom. The number of nitrogen functional groups attached to an aromatic ring is 1. The molecule has 2 aromatic carbocycles. The van der Waals surface area contributed by atoms with E-state index in [0.29, 0.717) is 22.9 Å². The number of hydrogen-bond acceptors (Lipinski definition) is 3. The maximum Gasteiger partial charge on any atom is 0.128 e. The number of ether oxygens (including phenoxy) is 1. The van der Waals surface area contributed by atoms with Gasteiger partial charge < -0.3 is 10.5 Å². The average molecular weight is 328 g/mol. The summed E-state index contributed by atoms with van der Waals surface area (Å²) >= 11 is 5.95. The van der Waals surface area contributed by atoms with Crippen molar-refractivity contribution in [3.8, 4) is 5.75 Å². The van der Waals surface area contributed by atoms with Gasteiger partial charge in [0.25, 0.3) is 0 Å². The van der Waals surface area contributed by atoms with Crippen molar-refractivity contribution in [1.82, 2.24) is 0 Å². The van der Waals surface area contributed by atoms with E-state index in [9.17, 15) is 8.60 Å². The highest BCUT2D eigenvalue weighted by Crippen LogP contribution is 2.27. The molecule has 0 saturated heterocycles. The molecular weight excluding hydrogens is 313 g/mol. The summed E-state index contributed by atoms with van der Waals surface area (Å²) in [7, 11) is -1.51. The Hall–Kier alpha value is -1.59. The highest BCUT2D eigenvalue weighted by molar-refractivity contribution is 7.84. The van der Waals surface area contributed by atoms with E-state index >= 15 is 0 Å². The molecule has 0 aliphatic rings. The fourth-order valence-electron chi connectivity index (χ4n) is 1.85. The normalized spacial score (nSPS) is 12.1. The van der Waals surface area contributed by atoms with Crippen molar-refractivity contribution in [3.63, 3.8) is 0 Å². The van der Waals surface area contributed by atoms with Gasteiger partial charge in [-0.15, -0.1) is 0 Å². The van der Waals surface area contributed by atoms with Crippen LogP contribution in [0.1, 0.15) is 12.5 Å². The molecule has 0 aromatic heterocycles. The molecule has 0 aliphatic carbocycles. The van der Waals surface area contributed by atoms with Gasteiger partial charge >= 0.3 is 0 Å². The van der Waals surface area contributed by atoms with Crippen molar-refractivity contribution in [2.75, 3.05) is 12.3 Å². The van der Waals surface area contributed by atoms with Crippen molar-refractivity contribution < 1.29 is 13.3 Å². The summed E-state index contributed by atoms with van der Waals surface area (Å²) < 4.78 is 31.6. The highest BCUT2D eigenvalue weighted by atomic mass is 35.5. The smallest absolute Gasteiger partial charge is 0.128 e. The van der Waals surface area contributed by atoms with Crippen LogP contribution in [0, 0.1) is 5.82 Å². The second-order valence-corrected chi connectivity index (χ2v) is 6.15. The monoisotopic (exact) mass is 327 g/mol. The molecule has 0 amide bonds. The van der Waals surface area contributed by atoms with E-state index in [1.165, 1.54) is 12.1 Å². The first-order valence-corrected chi connectivity index (χ1v) is 8.06. The molecule has 2 N–H and O–H groups in total. The summed E-state index contributed by atoms with van der Waals surface area (Å²) in [6.45, 7) is 2.35. The van der Waals surface area contributed by atoms with Gasteiger partial charge in [0.05, 0.1) is 28.1 Å². The molecule has 2 aromatic rings. The largest absolute Gasteiger partial charge is 0.494 e. The second kappa shape index (κ2) is 6.91. The number of halogens is 2. The zero-order valence-corrected chi connectivity index (χ0v) is 13.0. The van der Waals surface area contributed by atoms with E-state index < -0.39 is 16.6 Å². The summed E-state index contributed by atoms with van der Waals surface area (Å²) in [5, 5.41) is 0.253. The third-order valence-corrected chi connectivity index (χ3v) is 4.63. The summed E-state index contributed by atoms with van der Waals surface area (Å²) in [4.78, 5) is 0.417. The third-order valence-electron chi connectivity index (χ3n) is 2.88. The molecule has 0 bridgehead atoms. The Morgan fingerprint density at radius 1 is 1.33 bits per heavy atom. The molecule has 1 atom stereocenters. The molecule has 112 valence electrons. The Bertz CT molecular complexity index is 658. The van der Waals surface area contributed by atoms with Crippen molar-refractivity contribution >= 4 is 28.1 Å². The Kier molecular flexibility index (Phi) is 5.20. The Balaban J connectivity index is 2.30. The van der Waals surface area contributed by atoms with E-state index in [4.69, 9.17) is 22.1 Å². The number of rotatable bonds is 5. The quantitative estimate of drug-likeness (QED) is 0.850. The minimum absolute atomic E-state index is 0.0364. The van der Waals surface area contributed by atoms with E-state index in [1.807, 2.05) is 6.92 Å². The average Bonchev–Trinajstić information content (AvgIpc) is 2.45. The van der Waals surface area contributed by atoms with Gasteiger partial charge in [0.2, 0.25) is 0 Å². The molecule has 6 heteroatoms. The number of hydrogen-bond donors (Lipinski definition) is 1. The number of anilines is 1. The molecule has 3 nitrogen and oxygen atoms in total. The summed E-state index contributed by atoms with van der Waals surface area (Å²) in [6, 6.07) is 9.31. The zero-order chi connectivity index (χ0) is 15.4. The van der Waals surface area contributed by atoms with Crippen LogP contribution >= 0.6 is 11.6 Å². The molecule has 1 unspecified atom stereocenters. The standard InChI is InChI=1S/C15H15ClFNO2S/c1-2-20-10-6-7-14(18)15(8-10)21(19)9-11-12(16)4-3-5-13(11)17/h3-8H,2,9,18H2,1H3. The van der Waals surface area contributed by atoms with Crippen molar-refractivity contribution in [3.05, 3.63) is 52.8 Å². The molecule has 2 rings (SSSR count). The first-order valence-electron chi connectivity index (χ1n) is 6.36. The maximum absolute atomic E-state index is 13.8. The molecule has 0 aliphatic heterocycles. The van der Waals surface area contributed by atoms with Gasteiger partial charge in [-0.2, -0.15) is 0 Å². The third kappa shape index (κ3) is 3.74. The summed E-state index contributed by atoms with van der Waals surface area (Å²) in [5.74, 6) is 0.0655. The molecule has 0 radical (unpaired) electrons. The fraction of sp³-hybridized carbons (Fsp3) is 0.200. The van der Waals surface area contributed by atoms with E-state index in [-0.39, 0.29) is 16.3 Å². The minimum Gasteiger partial charge on any atom is -0.494 e. The predicted octanol–water partition coefficient (Wildman–Crippen LogP) is 3.77. The van der Waals surface area contributed by atoms with Crippen molar-refractivity contribution in [2.45, 2.75) is 17.6 Å². The maximum atomic E-state index is 13.8. The lowest BCUT2D eigenvalue weighted by molar-refractivity contribution is 0.339. The molecule has 0 fully saturated rings. The first-order chi connectivity index (χ1) is 10.0. The minimum atomic E-state index is -1.51. The van der Waals surface area contributed by atoms with Gasteiger partial charge in [0, 0.05) is 16.3 Å². The zero-order valence-electron chi connectivity index (χ0n) is 11.4. The topological polar surface area (TPSA) is 52.3 Å². The Labute approximate surface area is 130 Å². The lowest BCUT2D eigenvalue weighted by Crippen LogP contribution is -2.04. The highest BCUT2D eigenvalue weighted by Gasteiger charge is 2.15. The van der Waals surface area contributed by atoms with Gasteiger partial charge in [0.15, 0.2) is 0 Å². The van der Waals surface area contributed by atoms with Crippen LogP contribution in [-0.4, -0.2) is 10.8 Å². The summed E-state index contributed by atoms with van der Waals surface area (Å²) in [6.07, 6.45) is 0. The number of nitrogens with two attached hydrogens (primary N) is 1. The van der Waals surface area contributed by atoms with Crippen LogP contribution < -0.4 is 10.5 Å². The van der Waals surface area contributed by atoms with Gasteiger partial charge in [-0.25, -0.2) is 4.39 Å². The lowest BCUT2D eigenvalue weighted by Gasteiger charge is -2.10. The van der Waals surface area contributed by atoms with Crippen molar-refractivity contribution in [2.24, 2.45) is 0 Å². The molecule has 0 heterocycles. The van der Waals surface area contributed by atoms with Gasteiger partial charge in [-0.3, -0.25) is 4.21 Å². The van der Waals surface area contributed by atoms with Gasteiger partial charge in [-0.1, -0.05) is 17.7 Å². The Morgan fingerprint density at radius 2 is 2.10 bits per heavy atom. The molecule has 21 heavy (non-hydrogen) atoms. The van der Waals surface area contributed by atoms with Crippen LogP contribution in [0.5, 0.6) is 5.75 Å². The second-order valence-electron chi connectivity index (χ2n) is 4.32. The van der Waals surface area contributed by atoms with Crippen LogP contribution in [0.4, 0.5) is 10.1 Å². The van der Waals surface area contributed by atoms with E-state index in [1.54, 1.807) is 24.3 Å². The van der Waals surface area contributed by atoms with Crippen LogP contribution in [0.15, 0.2) is 41.3 Å². The van der Waals surface area contributed by atoms with Crippen LogP contribution in [-0.2, 0) is 16.6 Å². The predicted molar refractivity (Wildman–Crippen MR) is 83.5 cm³/mol. The SMILES string of the molecule is CCOc1ccc(N)c(S(=O)Cc2c(F)cccc2Cl)c1. The van der Waals surface area contributed by atoms with Gasteiger partial charge in [-0.05, 0) is 37.3 Å². The number of benzene rings is 2. The first kappa shape index (κ1) is 15.8. The van der Waals surface area contributed by atoms with E-state index in [0.717, 1.165) is 0 Å². The molecule has 0 spiro atoms. The summed E-state index contributed by atoms with van der Waals surface area (Å²) in [5.41, 5.74) is 6.44. The van der Waals surface area contributed by atoms with Crippen LogP contribution in [0.3, 0.4) is 0 Å². The van der Waals surface area contributed by atoms with Crippen LogP contribution in [0.25, 0.3) is 0 Å². The van der Waals surface area contributed by atoms with Crippen LogP contribution in [0.2, 0.25) is 5.02 Å². The van der Waals surface area contributed by atoms with Gasteiger partial charge in [0.1, 0.15) is 11.6 Å².